The van der Waals surface area contributed by atoms with Crippen LogP contribution in [0.4, 0.5) is 0 Å². The quantitative estimate of drug-likeness (QED) is 0.699. The fraction of sp³-hybridized carbons (Fsp3) is 0.769. The largest absolute Gasteiger partial charge is 0.339 e. The Labute approximate surface area is 104 Å². The summed E-state index contributed by atoms with van der Waals surface area (Å²) < 4.78 is 0. The maximum Gasteiger partial charge on any atom is 0.239 e. The van der Waals surface area contributed by atoms with Crippen molar-refractivity contribution in [3.05, 3.63) is 0 Å². The van der Waals surface area contributed by atoms with Gasteiger partial charge in [0.25, 0.3) is 0 Å². The summed E-state index contributed by atoms with van der Waals surface area (Å²) in [6, 6.07) is -0.325. The zero-order valence-corrected chi connectivity index (χ0v) is 10.7. The van der Waals surface area contributed by atoms with Crippen LogP contribution in [-0.4, -0.2) is 54.5 Å². The van der Waals surface area contributed by atoms with Crippen molar-refractivity contribution in [1.29, 1.82) is 0 Å². The third kappa shape index (κ3) is 4.37. The first kappa shape index (κ1) is 14.0. The van der Waals surface area contributed by atoms with Crippen LogP contribution in [0.3, 0.4) is 0 Å². The Hall–Kier alpha value is -1.05. The van der Waals surface area contributed by atoms with Crippen LogP contribution in [0.5, 0.6) is 0 Å². The molecule has 1 aliphatic rings. The lowest BCUT2D eigenvalue weighted by atomic mass is 10.1. The number of nitrogens with zero attached hydrogens (tertiary/aromatic N) is 2. The van der Waals surface area contributed by atoms with Crippen LogP contribution >= 0.6 is 0 Å². The van der Waals surface area contributed by atoms with E-state index in [4.69, 9.17) is 12.2 Å². The first-order valence-corrected chi connectivity index (χ1v) is 6.39. The second kappa shape index (κ2) is 7.31. The maximum absolute atomic E-state index is 12.0. The van der Waals surface area contributed by atoms with Gasteiger partial charge in [0.2, 0.25) is 5.91 Å². The third-order valence-electron chi connectivity index (χ3n) is 3.18. The Morgan fingerprint density at radius 3 is 2.59 bits per heavy atom. The van der Waals surface area contributed by atoms with Crippen molar-refractivity contribution in [2.45, 2.75) is 32.2 Å². The molecule has 0 aliphatic carbocycles. The van der Waals surface area contributed by atoms with Crippen molar-refractivity contribution < 1.29 is 4.79 Å². The molecule has 1 atom stereocenters. The maximum atomic E-state index is 12.0. The normalized spacial score (nSPS) is 18.8. The molecular formula is C13H23N3O. The summed E-state index contributed by atoms with van der Waals surface area (Å²) in [5.74, 6) is 2.73. The van der Waals surface area contributed by atoms with Crippen LogP contribution in [0.2, 0.25) is 0 Å². The number of piperazine rings is 1. The van der Waals surface area contributed by atoms with Gasteiger partial charge in [-0.15, -0.1) is 6.42 Å². The van der Waals surface area contributed by atoms with Gasteiger partial charge in [0.15, 0.2) is 0 Å². The van der Waals surface area contributed by atoms with Gasteiger partial charge in [-0.2, -0.15) is 0 Å². The van der Waals surface area contributed by atoms with E-state index in [1.165, 1.54) is 0 Å². The summed E-state index contributed by atoms with van der Waals surface area (Å²) >= 11 is 0. The average Bonchev–Trinajstić information content (AvgIpc) is 2.36. The molecule has 0 aromatic heterocycles. The molecule has 96 valence electrons. The summed E-state index contributed by atoms with van der Waals surface area (Å²) in [7, 11) is 0. The highest BCUT2D eigenvalue weighted by Gasteiger charge is 2.24. The van der Waals surface area contributed by atoms with E-state index in [-0.39, 0.29) is 11.9 Å². The van der Waals surface area contributed by atoms with Crippen LogP contribution in [0, 0.1) is 12.3 Å². The van der Waals surface area contributed by atoms with Gasteiger partial charge < -0.3 is 10.6 Å². The predicted octanol–water partition coefficient (Wildman–Crippen LogP) is 0.281. The molecule has 4 nitrogen and oxygen atoms in total. The van der Waals surface area contributed by atoms with E-state index in [1.807, 2.05) is 4.90 Å². The lowest BCUT2D eigenvalue weighted by Crippen LogP contribution is -2.53. The SMILES string of the molecule is C#CCN1CCN(C(=O)[C@@H](N)CCCC)CC1. The molecule has 0 spiro atoms. The minimum Gasteiger partial charge on any atom is -0.339 e. The van der Waals surface area contributed by atoms with Crippen molar-refractivity contribution >= 4 is 5.91 Å². The van der Waals surface area contributed by atoms with Crippen LogP contribution in [-0.2, 0) is 4.79 Å². The van der Waals surface area contributed by atoms with Gasteiger partial charge in [0.05, 0.1) is 12.6 Å². The second-order valence-electron chi connectivity index (χ2n) is 4.55. The molecule has 4 heteroatoms. The fourth-order valence-corrected chi connectivity index (χ4v) is 2.04. The van der Waals surface area contributed by atoms with Crippen LogP contribution in [0.1, 0.15) is 26.2 Å². The molecule has 0 unspecified atom stereocenters. The minimum atomic E-state index is -0.325. The summed E-state index contributed by atoms with van der Waals surface area (Å²) in [5, 5.41) is 0. The van der Waals surface area contributed by atoms with Crippen molar-refractivity contribution in [1.82, 2.24) is 9.80 Å². The zero-order chi connectivity index (χ0) is 12.7. The van der Waals surface area contributed by atoms with Crippen molar-refractivity contribution in [3.8, 4) is 12.3 Å². The van der Waals surface area contributed by atoms with Crippen LogP contribution in [0.25, 0.3) is 0 Å². The number of carbonyl (C=O) groups excluding carboxylic acids is 1. The van der Waals surface area contributed by atoms with Crippen LogP contribution in [0.15, 0.2) is 0 Å². The number of hydrogen-bond acceptors (Lipinski definition) is 3. The van der Waals surface area contributed by atoms with Gasteiger partial charge >= 0.3 is 0 Å². The fourth-order valence-electron chi connectivity index (χ4n) is 2.04. The molecule has 1 aliphatic heterocycles. The number of nitrogens with two attached hydrogens (primary N) is 1. The molecule has 17 heavy (non-hydrogen) atoms. The molecule has 0 bridgehead atoms. The van der Waals surface area contributed by atoms with Gasteiger partial charge in [-0.05, 0) is 6.42 Å². The number of terminal acetylenes is 1. The molecule has 1 rings (SSSR count). The molecular weight excluding hydrogens is 214 g/mol. The highest BCUT2D eigenvalue weighted by molar-refractivity contribution is 5.81. The van der Waals surface area contributed by atoms with Crippen LogP contribution < -0.4 is 5.73 Å². The molecule has 0 aromatic carbocycles. The van der Waals surface area contributed by atoms with E-state index in [2.05, 4.69) is 17.7 Å². The van der Waals surface area contributed by atoms with E-state index < -0.39 is 0 Å². The van der Waals surface area contributed by atoms with Crippen molar-refractivity contribution in [2.24, 2.45) is 5.73 Å². The lowest BCUT2D eigenvalue weighted by molar-refractivity contribution is -0.134. The van der Waals surface area contributed by atoms with E-state index in [0.717, 1.165) is 45.4 Å². The third-order valence-corrected chi connectivity index (χ3v) is 3.18. The summed E-state index contributed by atoms with van der Waals surface area (Å²) in [6.07, 6.45) is 8.15. The monoisotopic (exact) mass is 237 g/mol. The van der Waals surface area contributed by atoms with Gasteiger partial charge in [0, 0.05) is 26.2 Å². The minimum absolute atomic E-state index is 0.0961. The average molecular weight is 237 g/mol. The van der Waals surface area contributed by atoms with Crippen molar-refractivity contribution in [3.63, 3.8) is 0 Å². The number of hydrogen-bond donors (Lipinski definition) is 1. The van der Waals surface area contributed by atoms with Gasteiger partial charge in [0.1, 0.15) is 0 Å². The zero-order valence-electron chi connectivity index (χ0n) is 10.7. The Bertz CT molecular complexity index is 277. The molecule has 0 radical (unpaired) electrons. The smallest absolute Gasteiger partial charge is 0.239 e. The molecule has 2 N–H and O–H groups in total. The van der Waals surface area contributed by atoms with Crippen molar-refractivity contribution in [2.75, 3.05) is 32.7 Å². The number of rotatable bonds is 5. The first-order chi connectivity index (χ1) is 8.19. The predicted molar refractivity (Wildman–Crippen MR) is 69.4 cm³/mol. The Morgan fingerprint density at radius 2 is 2.06 bits per heavy atom. The molecule has 1 amide bonds. The summed E-state index contributed by atoms with van der Waals surface area (Å²) in [6.45, 7) is 5.99. The molecule has 0 aromatic rings. The van der Waals surface area contributed by atoms with E-state index in [9.17, 15) is 4.79 Å². The van der Waals surface area contributed by atoms with E-state index >= 15 is 0 Å². The summed E-state index contributed by atoms with van der Waals surface area (Å²) in [4.78, 5) is 16.1. The molecule has 1 saturated heterocycles. The standard InChI is InChI=1S/C13H23N3O/c1-3-5-6-12(14)13(17)16-10-8-15(7-4-2)9-11-16/h2,12H,3,5-11,14H2,1H3/t12-/m0/s1. The Kier molecular flexibility index (Phi) is 6.03. The summed E-state index contributed by atoms with van der Waals surface area (Å²) in [5.41, 5.74) is 5.89. The first-order valence-electron chi connectivity index (χ1n) is 6.39. The molecule has 0 saturated carbocycles. The highest BCUT2D eigenvalue weighted by atomic mass is 16.2. The number of carbonyl (C=O) groups is 1. The number of unbranched alkanes of at least 4 members (excludes halogenated alkanes) is 1. The topological polar surface area (TPSA) is 49.6 Å². The van der Waals surface area contributed by atoms with Gasteiger partial charge in [-0.25, -0.2) is 0 Å². The number of amides is 1. The Morgan fingerprint density at radius 1 is 1.41 bits per heavy atom. The molecule has 1 fully saturated rings. The second-order valence-corrected chi connectivity index (χ2v) is 4.55. The molecule has 1 heterocycles. The van der Waals surface area contributed by atoms with E-state index in [0.29, 0.717) is 6.54 Å². The van der Waals surface area contributed by atoms with Gasteiger partial charge in [-0.3, -0.25) is 9.69 Å². The lowest BCUT2D eigenvalue weighted by Gasteiger charge is -2.35. The Balaban J connectivity index is 2.33. The highest BCUT2D eigenvalue weighted by Crippen LogP contribution is 2.06. The van der Waals surface area contributed by atoms with E-state index in [1.54, 1.807) is 0 Å². The van der Waals surface area contributed by atoms with Gasteiger partial charge in [-0.1, -0.05) is 25.7 Å².